The lowest BCUT2D eigenvalue weighted by molar-refractivity contribution is 0.0758. The Kier molecular flexibility index (Phi) is 5.46. The standard InChI is InChI=1S/C27H25NO/c1-3-27(29-2)20-18-24(19-21-27)28(23-14-8-5-9-15-23)26-17-11-10-16-25(26)22-12-6-4-7-13-22/h3-20H,1,21H2,2H3. The minimum absolute atomic E-state index is 0.440. The van der Waals surface area contributed by atoms with E-state index < -0.39 is 5.60 Å². The van der Waals surface area contributed by atoms with Crippen LogP contribution < -0.4 is 4.90 Å². The van der Waals surface area contributed by atoms with Crippen LogP contribution in [0.4, 0.5) is 11.4 Å². The largest absolute Gasteiger partial charge is 0.370 e. The summed E-state index contributed by atoms with van der Waals surface area (Å²) in [5, 5.41) is 0. The summed E-state index contributed by atoms with van der Waals surface area (Å²) in [7, 11) is 1.73. The number of allylic oxidation sites excluding steroid dienone is 1. The lowest BCUT2D eigenvalue weighted by atomic mass is 9.93. The van der Waals surface area contributed by atoms with Crippen molar-refractivity contribution in [3.8, 4) is 11.1 Å². The average Bonchev–Trinajstić information content (AvgIpc) is 2.81. The highest BCUT2D eigenvalue weighted by Crippen LogP contribution is 2.39. The Morgan fingerprint density at radius 3 is 2.17 bits per heavy atom. The van der Waals surface area contributed by atoms with Gasteiger partial charge in [0.05, 0.1) is 5.69 Å². The molecule has 3 aromatic carbocycles. The molecular weight excluding hydrogens is 354 g/mol. The molecule has 2 heteroatoms. The number of anilines is 2. The van der Waals surface area contributed by atoms with Gasteiger partial charge in [-0.1, -0.05) is 85.5 Å². The highest BCUT2D eigenvalue weighted by atomic mass is 16.5. The maximum Gasteiger partial charge on any atom is 0.108 e. The molecule has 4 rings (SSSR count). The fraction of sp³-hybridized carbons (Fsp3) is 0.111. The van der Waals surface area contributed by atoms with Crippen LogP contribution in [0.25, 0.3) is 11.1 Å². The van der Waals surface area contributed by atoms with Crippen molar-refractivity contribution < 1.29 is 4.74 Å². The molecule has 1 aliphatic rings. The van der Waals surface area contributed by atoms with Crippen LogP contribution in [0.3, 0.4) is 0 Å². The zero-order valence-corrected chi connectivity index (χ0v) is 16.7. The lowest BCUT2D eigenvalue weighted by Crippen LogP contribution is -2.29. The van der Waals surface area contributed by atoms with E-state index >= 15 is 0 Å². The molecule has 0 radical (unpaired) electrons. The minimum Gasteiger partial charge on any atom is -0.370 e. The van der Waals surface area contributed by atoms with Crippen molar-refractivity contribution in [1.82, 2.24) is 0 Å². The van der Waals surface area contributed by atoms with Gasteiger partial charge in [-0.15, -0.1) is 0 Å². The van der Waals surface area contributed by atoms with E-state index in [0.717, 1.165) is 23.5 Å². The number of para-hydroxylation sites is 2. The maximum absolute atomic E-state index is 5.69. The second kappa shape index (κ2) is 8.34. The van der Waals surface area contributed by atoms with Crippen LogP contribution in [-0.2, 0) is 4.74 Å². The first kappa shape index (κ1) is 19.0. The van der Waals surface area contributed by atoms with Gasteiger partial charge in [-0.2, -0.15) is 0 Å². The van der Waals surface area contributed by atoms with Crippen molar-refractivity contribution in [2.45, 2.75) is 12.0 Å². The van der Waals surface area contributed by atoms with Gasteiger partial charge >= 0.3 is 0 Å². The average molecular weight is 380 g/mol. The van der Waals surface area contributed by atoms with Crippen LogP contribution in [0.1, 0.15) is 6.42 Å². The van der Waals surface area contributed by atoms with Crippen LogP contribution in [0.2, 0.25) is 0 Å². The Morgan fingerprint density at radius 2 is 1.55 bits per heavy atom. The molecule has 0 fully saturated rings. The van der Waals surface area contributed by atoms with Crippen LogP contribution in [0, 0.1) is 0 Å². The van der Waals surface area contributed by atoms with Crippen molar-refractivity contribution in [2.75, 3.05) is 12.0 Å². The molecule has 1 atom stereocenters. The maximum atomic E-state index is 5.69. The molecule has 2 nitrogen and oxygen atoms in total. The third kappa shape index (κ3) is 3.80. The van der Waals surface area contributed by atoms with Gasteiger partial charge in [0.25, 0.3) is 0 Å². The third-order valence-corrected chi connectivity index (χ3v) is 5.39. The molecule has 0 saturated heterocycles. The Morgan fingerprint density at radius 1 is 0.897 bits per heavy atom. The minimum atomic E-state index is -0.440. The van der Waals surface area contributed by atoms with E-state index in [9.17, 15) is 0 Å². The summed E-state index contributed by atoms with van der Waals surface area (Å²) in [5.41, 5.74) is 5.33. The Bertz CT molecular complexity index is 1040. The fourth-order valence-electron chi connectivity index (χ4n) is 3.71. The molecule has 0 amide bonds. The number of methoxy groups -OCH3 is 1. The number of rotatable bonds is 6. The molecule has 3 aromatic rings. The fourth-order valence-corrected chi connectivity index (χ4v) is 3.71. The van der Waals surface area contributed by atoms with E-state index in [1.165, 1.54) is 11.1 Å². The normalized spacial score (nSPS) is 18.2. The Balaban J connectivity index is 1.84. The molecule has 0 saturated carbocycles. The van der Waals surface area contributed by atoms with E-state index in [2.05, 4.69) is 103 Å². The second-order valence-corrected chi connectivity index (χ2v) is 7.08. The van der Waals surface area contributed by atoms with Crippen molar-refractivity contribution in [3.63, 3.8) is 0 Å². The van der Waals surface area contributed by atoms with Gasteiger partial charge in [-0.05, 0) is 35.9 Å². The van der Waals surface area contributed by atoms with Gasteiger partial charge in [0.15, 0.2) is 0 Å². The van der Waals surface area contributed by atoms with Crippen molar-refractivity contribution in [3.05, 3.63) is 122 Å². The van der Waals surface area contributed by atoms with E-state index in [0.29, 0.717) is 0 Å². The van der Waals surface area contributed by atoms with Crippen LogP contribution in [0.15, 0.2) is 122 Å². The first-order valence-electron chi connectivity index (χ1n) is 9.84. The summed E-state index contributed by atoms with van der Waals surface area (Å²) >= 11 is 0. The molecule has 0 heterocycles. The van der Waals surface area contributed by atoms with Gasteiger partial charge in [0.1, 0.15) is 5.60 Å². The van der Waals surface area contributed by atoms with E-state index in [4.69, 9.17) is 4.74 Å². The number of hydrogen-bond donors (Lipinski definition) is 0. The molecule has 144 valence electrons. The van der Waals surface area contributed by atoms with Crippen LogP contribution >= 0.6 is 0 Å². The summed E-state index contributed by atoms with van der Waals surface area (Å²) in [6.45, 7) is 3.95. The first-order chi connectivity index (χ1) is 14.3. The van der Waals surface area contributed by atoms with Crippen LogP contribution in [0.5, 0.6) is 0 Å². The number of hydrogen-bond acceptors (Lipinski definition) is 2. The molecule has 0 bridgehead atoms. The van der Waals surface area contributed by atoms with Crippen LogP contribution in [-0.4, -0.2) is 12.7 Å². The zero-order chi connectivity index (χ0) is 20.1. The van der Waals surface area contributed by atoms with Crippen molar-refractivity contribution in [1.29, 1.82) is 0 Å². The topological polar surface area (TPSA) is 12.5 Å². The summed E-state index contributed by atoms with van der Waals surface area (Å²) < 4.78 is 5.69. The molecule has 1 unspecified atom stereocenters. The zero-order valence-electron chi connectivity index (χ0n) is 16.7. The SMILES string of the molecule is C=CC1(OC)C=CC(N(c2ccccc2)c2ccccc2-c2ccccc2)=CC1. The molecule has 29 heavy (non-hydrogen) atoms. The summed E-state index contributed by atoms with van der Waals surface area (Å²) in [6.07, 6.45) is 9.05. The number of ether oxygens (including phenoxy) is 1. The summed E-state index contributed by atoms with van der Waals surface area (Å²) in [6, 6.07) is 29.5. The summed E-state index contributed by atoms with van der Waals surface area (Å²) in [5.74, 6) is 0. The van der Waals surface area contributed by atoms with Gasteiger partial charge in [-0.25, -0.2) is 0 Å². The molecule has 0 spiro atoms. The predicted molar refractivity (Wildman–Crippen MR) is 122 cm³/mol. The van der Waals surface area contributed by atoms with Gasteiger partial charge < -0.3 is 9.64 Å². The van der Waals surface area contributed by atoms with Gasteiger partial charge in [-0.3, -0.25) is 0 Å². The molecule has 0 aromatic heterocycles. The Labute approximate surface area is 173 Å². The van der Waals surface area contributed by atoms with Gasteiger partial charge in [0.2, 0.25) is 0 Å². The predicted octanol–water partition coefficient (Wildman–Crippen LogP) is 6.91. The molecule has 0 N–H and O–H groups in total. The second-order valence-electron chi connectivity index (χ2n) is 7.08. The van der Waals surface area contributed by atoms with E-state index in [1.807, 2.05) is 18.2 Å². The van der Waals surface area contributed by atoms with E-state index in [-0.39, 0.29) is 0 Å². The van der Waals surface area contributed by atoms with Crippen molar-refractivity contribution >= 4 is 11.4 Å². The molecule has 0 aliphatic heterocycles. The summed E-state index contributed by atoms with van der Waals surface area (Å²) in [4.78, 5) is 2.31. The third-order valence-electron chi connectivity index (χ3n) is 5.39. The monoisotopic (exact) mass is 379 g/mol. The number of benzene rings is 3. The van der Waals surface area contributed by atoms with E-state index in [1.54, 1.807) is 7.11 Å². The molecular formula is C27H25NO. The quantitative estimate of drug-likeness (QED) is 0.432. The lowest BCUT2D eigenvalue weighted by Gasteiger charge is -2.33. The smallest absolute Gasteiger partial charge is 0.108 e. The van der Waals surface area contributed by atoms with Crippen molar-refractivity contribution in [2.24, 2.45) is 0 Å². The highest BCUT2D eigenvalue weighted by molar-refractivity contribution is 5.85. The first-order valence-corrected chi connectivity index (χ1v) is 9.84. The van der Waals surface area contributed by atoms with Gasteiger partial charge in [0, 0.05) is 30.5 Å². The number of nitrogens with zero attached hydrogens (tertiary/aromatic N) is 1. The molecule has 1 aliphatic carbocycles. The highest BCUT2D eigenvalue weighted by Gasteiger charge is 2.27. The Hall–Kier alpha value is -3.36.